The molecule has 3 nitrogen and oxygen atoms in total. The van der Waals surface area contributed by atoms with Crippen molar-refractivity contribution in [3.05, 3.63) is 28.8 Å². The normalized spacial score (nSPS) is 11.7. The van der Waals surface area contributed by atoms with Gasteiger partial charge in [0.15, 0.2) is 0 Å². The number of aromatic nitrogens is 2. The van der Waals surface area contributed by atoms with Gasteiger partial charge in [0.25, 0.3) is 0 Å². The van der Waals surface area contributed by atoms with Crippen molar-refractivity contribution in [2.45, 2.75) is 12.4 Å². The molecule has 2 aromatic rings. The zero-order valence-electron chi connectivity index (χ0n) is 10.3. The van der Waals surface area contributed by atoms with Crippen LogP contribution in [0.4, 0.5) is 4.39 Å². The molecule has 0 bridgehead atoms. The average molecular weight is 290 g/mol. The molecule has 0 fully saturated rings. The highest BCUT2D eigenvalue weighted by molar-refractivity contribution is 6.31. The van der Waals surface area contributed by atoms with Gasteiger partial charge in [0, 0.05) is 19.2 Å². The van der Waals surface area contributed by atoms with Gasteiger partial charge in [0.05, 0.1) is 21.9 Å². The van der Waals surface area contributed by atoms with Gasteiger partial charge >= 0.3 is 0 Å². The SMILES string of the molecule is CN(C)CCn1c(CCl)nc2cc(Cl)c(F)cc21. The summed E-state index contributed by atoms with van der Waals surface area (Å²) in [4.78, 5) is 6.42. The molecule has 1 heterocycles. The van der Waals surface area contributed by atoms with E-state index in [1.807, 2.05) is 18.7 Å². The van der Waals surface area contributed by atoms with Gasteiger partial charge in [-0.3, -0.25) is 0 Å². The lowest BCUT2D eigenvalue weighted by molar-refractivity contribution is 0.384. The smallest absolute Gasteiger partial charge is 0.144 e. The number of fused-ring (bicyclic) bond motifs is 1. The highest BCUT2D eigenvalue weighted by Crippen LogP contribution is 2.24. The number of halogens is 3. The van der Waals surface area contributed by atoms with Gasteiger partial charge in [-0.05, 0) is 20.2 Å². The monoisotopic (exact) mass is 289 g/mol. The quantitative estimate of drug-likeness (QED) is 0.807. The molecule has 18 heavy (non-hydrogen) atoms. The number of benzene rings is 1. The van der Waals surface area contributed by atoms with Crippen molar-refractivity contribution in [2.75, 3.05) is 20.6 Å². The number of alkyl halides is 1. The molecular formula is C12H14Cl2FN3. The summed E-state index contributed by atoms with van der Waals surface area (Å²) in [5.74, 6) is 0.591. The molecule has 0 unspecified atom stereocenters. The van der Waals surface area contributed by atoms with Crippen molar-refractivity contribution in [3.63, 3.8) is 0 Å². The Kier molecular flexibility index (Phi) is 4.10. The maximum Gasteiger partial charge on any atom is 0.144 e. The van der Waals surface area contributed by atoms with Crippen molar-refractivity contribution in [1.29, 1.82) is 0 Å². The standard InChI is InChI=1S/C12H14Cl2FN3/c1-17(2)3-4-18-11-6-9(15)8(14)5-10(11)16-12(18)7-13/h5-6H,3-4,7H2,1-2H3. The summed E-state index contributed by atoms with van der Waals surface area (Å²) in [5, 5.41) is 0.0842. The minimum absolute atomic E-state index is 0.0842. The van der Waals surface area contributed by atoms with E-state index in [0.717, 1.165) is 17.9 Å². The van der Waals surface area contributed by atoms with Gasteiger partial charge in [-0.15, -0.1) is 11.6 Å². The van der Waals surface area contributed by atoms with Gasteiger partial charge in [0.1, 0.15) is 11.6 Å². The van der Waals surface area contributed by atoms with Crippen LogP contribution in [0.1, 0.15) is 5.82 Å². The Morgan fingerprint density at radius 3 is 2.72 bits per heavy atom. The summed E-state index contributed by atoms with van der Waals surface area (Å²) in [5.41, 5.74) is 1.41. The van der Waals surface area contributed by atoms with Crippen molar-refractivity contribution in [1.82, 2.24) is 14.5 Å². The fraction of sp³-hybridized carbons (Fsp3) is 0.417. The molecule has 0 spiro atoms. The number of rotatable bonds is 4. The Morgan fingerprint density at radius 2 is 2.11 bits per heavy atom. The first-order chi connectivity index (χ1) is 8.52. The minimum Gasteiger partial charge on any atom is -0.326 e. The molecule has 2 rings (SSSR count). The summed E-state index contributed by atoms with van der Waals surface area (Å²) < 4.78 is 15.5. The lowest BCUT2D eigenvalue weighted by Gasteiger charge is -2.12. The molecule has 0 atom stereocenters. The van der Waals surface area contributed by atoms with Crippen molar-refractivity contribution >= 4 is 34.2 Å². The van der Waals surface area contributed by atoms with E-state index in [2.05, 4.69) is 9.88 Å². The van der Waals surface area contributed by atoms with E-state index in [1.165, 1.54) is 12.1 Å². The second kappa shape index (κ2) is 5.43. The molecule has 1 aromatic heterocycles. The fourth-order valence-electron chi connectivity index (χ4n) is 1.82. The third kappa shape index (κ3) is 2.60. The first-order valence-electron chi connectivity index (χ1n) is 5.57. The predicted octanol–water partition coefficient (Wildman–Crippen LogP) is 3.13. The lowest BCUT2D eigenvalue weighted by atomic mass is 10.3. The van der Waals surface area contributed by atoms with E-state index in [0.29, 0.717) is 17.9 Å². The molecule has 0 radical (unpaired) electrons. The van der Waals surface area contributed by atoms with Gasteiger partial charge in [-0.25, -0.2) is 9.37 Å². The van der Waals surface area contributed by atoms with E-state index in [1.54, 1.807) is 0 Å². The molecule has 0 saturated carbocycles. The number of hydrogen-bond acceptors (Lipinski definition) is 2. The zero-order chi connectivity index (χ0) is 13.3. The lowest BCUT2D eigenvalue weighted by Crippen LogP contribution is -2.19. The summed E-state index contributed by atoms with van der Waals surface area (Å²) in [6, 6.07) is 2.95. The molecule has 0 aliphatic rings. The van der Waals surface area contributed by atoms with E-state index in [9.17, 15) is 4.39 Å². The maximum absolute atomic E-state index is 13.5. The second-order valence-corrected chi connectivity index (χ2v) is 5.05. The largest absolute Gasteiger partial charge is 0.326 e. The van der Waals surface area contributed by atoms with Crippen molar-refractivity contribution in [3.8, 4) is 0 Å². The molecule has 0 aliphatic heterocycles. The summed E-state index contributed by atoms with van der Waals surface area (Å²) in [6.07, 6.45) is 0. The van der Waals surface area contributed by atoms with Crippen LogP contribution >= 0.6 is 23.2 Å². The summed E-state index contributed by atoms with van der Waals surface area (Å²) in [7, 11) is 3.97. The van der Waals surface area contributed by atoms with Crippen LogP contribution in [-0.2, 0) is 12.4 Å². The molecule has 0 N–H and O–H groups in total. The van der Waals surface area contributed by atoms with Gasteiger partial charge in [-0.1, -0.05) is 11.6 Å². The molecule has 98 valence electrons. The molecule has 1 aromatic carbocycles. The topological polar surface area (TPSA) is 21.1 Å². The Hall–Kier alpha value is -0.840. The highest BCUT2D eigenvalue weighted by Gasteiger charge is 2.13. The van der Waals surface area contributed by atoms with Crippen LogP contribution in [0.15, 0.2) is 12.1 Å². The molecule has 6 heteroatoms. The fourth-order valence-corrected chi connectivity index (χ4v) is 2.18. The molecular weight excluding hydrogens is 276 g/mol. The number of likely N-dealkylation sites (N-methyl/N-ethyl adjacent to an activating group) is 1. The van der Waals surface area contributed by atoms with Crippen LogP contribution in [-0.4, -0.2) is 35.1 Å². The third-order valence-electron chi connectivity index (χ3n) is 2.76. The van der Waals surface area contributed by atoms with E-state index < -0.39 is 5.82 Å². The Balaban J connectivity index is 2.50. The average Bonchev–Trinajstić information content (AvgIpc) is 2.64. The van der Waals surface area contributed by atoms with E-state index >= 15 is 0 Å². The highest BCUT2D eigenvalue weighted by atomic mass is 35.5. The third-order valence-corrected chi connectivity index (χ3v) is 3.29. The van der Waals surface area contributed by atoms with Crippen LogP contribution in [0.2, 0.25) is 5.02 Å². The Labute approximate surface area is 115 Å². The van der Waals surface area contributed by atoms with Crippen LogP contribution in [0.25, 0.3) is 11.0 Å². The van der Waals surface area contributed by atoms with E-state index in [4.69, 9.17) is 23.2 Å². The van der Waals surface area contributed by atoms with Crippen molar-refractivity contribution in [2.24, 2.45) is 0 Å². The van der Waals surface area contributed by atoms with Crippen LogP contribution in [0, 0.1) is 5.82 Å². The second-order valence-electron chi connectivity index (χ2n) is 4.37. The molecule has 0 saturated heterocycles. The van der Waals surface area contributed by atoms with Gasteiger partial charge in [-0.2, -0.15) is 0 Å². The van der Waals surface area contributed by atoms with Gasteiger partial charge in [0.2, 0.25) is 0 Å². The van der Waals surface area contributed by atoms with Gasteiger partial charge < -0.3 is 9.47 Å². The molecule has 0 aliphatic carbocycles. The predicted molar refractivity (Wildman–Crippen MR) is 72.8 cm³/mol. The maximum atomic E-state index is 13.5. The van der Waals surface area contributed by atoms with Crippen LogP contribution in [0.5, 0.6) is 0 Å². The Bertz CT molecular complexity index is 566. The molecule has 0 amide bonds. The number of imidazole rings is 1. The minimum atomic E-state index is -0.434. The van der Waals surface area contributed by atoms with E-state index in [-0.39, 0.29) is 5.02 Å². The first-order valence-corrected chi connectivity index (χ1v) is 6.49. The zero-order valence-corrected chi connectivity index (χ0v) is 11.8. The number of hydrogen-bond donors (Lipinski definition) is 0. The summed E-state index contributed by atoms with van der Waals surface area (Å²) >= 11 is 11.6. The van der Waals surface area contributed by atoms with Crippen LogP contribution < -0.4 is 0 Å². The van der Waals surface area contributed by atoms with Crippen molar-refractivity contribution < 1.29 is 4.39 Å². The summed E-state index contributed by atoms with van der Waals surface area (Å²) in [6.45, 7) is 1.55. The number of nitrogens with zero attached hydrogens (tertiary/aromatic N) is 3. The Morgan fingerprint density at radius 1 is 1.39 bits per heavy atom. The first kappa shape index (κ1) is 13.6. The van der Waals surface area contributed by atoms with Crippen LogP contribution in [0.3, 0.4) is 0 Å².